The number of hydrogen-bond donors (Lipinski definition) is 2. The van der Waals surface area contributed by atoms with Crippen molar-refractivity contribution in [3.63, 3.8) is 0 Å². The van der Waals surface area contributed by atoms with Gasteiger partial charge in [0.25, 0.3) is 5.91 Å². The van der Waals surface area contributed by atoms with Crippen LogP contribution in [-0.2, 0) is 0 Å². The zero-order chi connectivity index (χ0) is 13.7. The standard InChI is InChI=1S/C14H11IN2O2/c15-11-7-4-8-12(9-11)16-14(19)17-13(18)10-5-2-1-3-6-10/h1-9H,(H2,16,17,18,19). The topological polar surface area (TPSA) is 58.2 Å². The molecule has 0 radical (unpaired) electrons. The Morgan fingerprint density at radius 2 is 1.68 bits per heavy atom. The van der Waals surface area contributed by atoms with E-state index in [2.05, 4.69) is 33.2 Å². The van der Waals surface area contributed by atoms with Gasteiger partial charge in [-0.15, -0.1) is 0 Å². The fourth-order valence-corrected chi connectivity index (χ4v) is 2.04. The third-order valence-corrected chi connectivity index (χ3v) is 3.02. The number of carbonyl (C=O) groups is 2. The molecule has 0 saturated carbocycles. The number of rotatable bonds is 2. The summed E-state index contributed by atoms with van der Waals surface area (Å²) in [7, 11) is 0. The highest BCUT2D eigenvalue weighted by Crippen LogP contribution is 2.12. The maximum absolute atomic E-state index is 11.7. The van der Waals surface area contributed by atoms with E-state index in [0.29, 0.717) is 11.3 Å². The normalized spacial score (nSPS) is 9.74. The molecular formula is C14H11IN2O2. The van der Waals surface area contributed by atoms with E-state index in [1.807, 2.05) is 24.3 Å². The van der Waals surface area contributed by atoms with Crippen LogP contribution in [0.1, 0.15) is 10.4 Å². The highest BCUT2D eigenvalue weighted by Gasteiger charge is 2.09. The Bertz CT molecular complexity index is 599. The van der Waals surface area contributed by atoms with E-state index in [0.717, 1.165) is 3.57 Å². The second-order valence-electron chi connectivity index (χ2n) is 3.78. The second kappa shape index (κ2) is 6.33. The summed E-state index contributed by atoms with van der Waals surface area (Å²) in [6, 6.07) is 15.4. The largest absolute Gasteiger partial charge is 0.326 e. The van der Waals surface area contributed by atoms with Crippen LogP contribution in [0.3, 0.4) is 0 Å². The quantitative estimate of drug-likeness (QED) is 0.802. The molecule has 0 aliphatic heterocycles. The molecule has 2 N–H and O–H groups in total. The molecule has 0 heterocycles. The van der Waals surface area contributed by atoms with Crippen LogP contribution in [0.15, 0.2) is 54.6 Å². The number of urea groups is 1. The van der Waals surface area contributed by atoms with Crippen LogP contribution in [0.2, 0.25) is 0 Å². The van der Waals surface area contributed by atoms with Crippen LogP contribution in [-0.4, -0.2) is 11.9 Å². The summed E-state index contributed by atoms with van der Waals surface area (Å²) in [6.45, 7) is 0. The van der Waals surface area contributed by atoms with E-state index in [4.69, 9.17) is 0 Å². The number of hydrogen-bond acceptors (Lipinski definition) is 2. The van der Waals surface area contributed by atoms with Gasteiger partial charge < -0.3 is 5.32 Å². The lowest BCUT2D eigenvalue weighted by Crippen LogP contribution is -2.34. The molecule has 3 amide bonds. The van der Waals surface area contributed by atoms with E-state index in [9.17, 15) is 9.59 Å². The van der Waals surface area contributed by atoms with Crippen molar-refractivity contribution in [1.29, 1.82) is 0 Å². The van der Waals surface area contributed by atoms with E-state index in [1.165, 1.54) is 0 Å². The van der Waals surface area contributed by atoms with E-state index in [1.54, 1.807) is 30.3 Å². The molecule has 0 atom stereocenters. The van der Waals surface area contributed by atoms with Crippen molar-refractivity contribution in [2.45, 2.75) is 0 Å². The van der Waals surface area contributed by atoms with Crippen molar-refractivity contribution in [2.24, 2.45) is 0 Å². The number of anilines is 1. The molecule has 5 heteroatoms. The SMILES string of the molecule is O=C(NC(=O)c1ccccc1)Nc1cccc(I)c1. The molecule has 0 saturated heterocycles. The number of carbonyl (C=O) groups excluding carboxylic acids is 2. The molecule has 0 unspecified atom stereocenters. The van der Waals surface area contributed by atoms with Gasteiger partial charge in [-0.05, 0) is 52.9 Å². The average Bonchev–Trinajstić information content (AvgIpc) is 2.39. The van der Waals surface area contributed by atoms with Crippen LogP contribution in [0.25, 0.3) is 0 Å². The Balaban J connectivity index is 1.97. The predicted octanol–water partition coefficient (Wildman–Crippen LogP) is 3.25. The van der Waals surface area contributed by atoms with Gasteiger partial charge in [0.1, 0.15) is 0 Å². The molecule has 0 aromatic heterocycles. The molecule has 0 fully saturated rings. The minimum atomic E-state index is -0.546. The fourth-order valence-electron chi connectivity index (χ4n) is 1.49. The maximum atomic E-state index is 11.7. The first-order chi connectivity index (χ1) is 9.15. The van der Waals surface area contributed by atoms with Crippen molar-refractivity contribution in [3.8, 4) is 0 Å². The van der Waals surface area contributed by atoms with Gasteiger partial charge in [0, 0.05) is 14.8 Å². The van der Waals surface area contributed by atoms with Crippen molar-refractivity contribution >= 4 is 40.2 Å². The number of nitrogens with one attached hydrogen (secondary N) is 2. The molecule has 2 aromatic rings. The molecule has 19 heavy (non-hydrogen) atoms. The minimum Gasteiger partial charge on any atom is -0.308 e. The molecule has 0 spiro atoms. The van der Waals surface area contributed by atoms with Crippen LogP contribution in [0, 0.1) is 3.57 Å². The predicted molar refractivity (Wildman–Crippen MR) is 82.1 cm³/mol. The van der Waals surface area contributed by atoms with Crippen LogP contribution in [0.5, 0.6) is 0 Å². The van der Waals surface area contributed by atoms with Gasteiger partial charge in [-0.25, -0.2) is 4.79 Å². The smallest absolute Gasteiger partial charge is 0.308 e. The van der Waals surface area contributed by atoms with Crippen LogP contribution in [0.4, 0.5) is 10.5 Å². The van der Waals surface area contributed by atoms with Gasteiger partial charge in [-0.3, -0.25) is 10.1 Å². The van der Waals surface area contributed by atoms with E-state index < -0.39 is 11.9 Å². The van der Waals surface area contributed by atoms with Crippen molar-refractivity contribution in [3.05, 3.63) is 63.7 Å². The zero-order valence-corrected chi connectivity index (χ0v) is 12.0. The molecule has 0 bridgehead atoms. The molecule has 2 rings (SSSR count). The third kappa shape index (κ3) is 4.06. The van der Waals surface area contributed by atoms with Gasteiger partial charge in [0.2, 0.25) is 0 Å². The van der Waals surface area contributed by atoms with Gasteiger partial charge in [0.15, 0.2) is 0 Å². The van der Waals surface area contributed by atoms with Gasteiger partial charge in [-0.2, -0.15) is 0 Å². The van der Waals surface area contributed by atoms with Gasteiger partial charge in [0.05, 0.1) is 0 Å². The highest BCUT2D eigenvalue weighted by molar-refractivity contribution is 14.1. The molecular weight excluding hydrogens is 355 g/mol. The van der Waals surface area contributed by atoms with E-state index >= 15 is 0 Å². The number of halogens is 1. The summed E-state index contributed by atoms with van der Waals surface area (Å²) in [4.78, 5) is 23.4. The molecule has 4 nitrogen and oxygen atoms in total. The fraction of sp³-hybridized carbons (Fsp3) is 0. The molecule has 0 aliphatic carbocycles. The lowest BCUT2D eigenvalue weighted by molar-refractivity contribution is 0.0967. The molecule has 96 valence electrons. The molecule has 2 aromatic carbocycles. The zero-order valence-electron chi connectivity index (χ0n) is 9.89. The summed E-state index contributed by atoms with van der Waals surface area (Å²) < 4.78 is 1.00. The Morgan fingerprint density at radius 1 is 0.947 bits per heavy atom. The summed E-state index contributed by atoms with van der Waals surface area (Å²) >= 11 is 2.15. The first-order valence-electron chi connectivity index (χ1n) is 5.58. The lowest BCUT2D eigenvalue weighted by Gasteiger charge is -2.06. The number of benzene rings is 2. The average molecular weight is 366 g/mol. The van der Waals surface area contributed by atoms with Crippen molar-refractivity contribution in [1.82, 2.24) is 5.32 Å². The lowest BCUT2D eigenvalue weighted by atomic mass is 10.2. The number of imide groups is 1. The second-order valence-corrected chi connectivity index (χ2v) is 5.03. The van der Waals surface area contributed by atoms with Crippen LogP contribution < -0.4 is 10.6 Å². The summed E-state index contributed by atoms with van der Waals surface area (Å²) in [5, 5.41) is 4.88. The Labute approximate surface area is 124 Å². The Kier molecular flexibility index (Phi) is 4.51. The number of amides is 3. The summed E-state index contributed by atoms with van der Waals surface area (Å²) in [5.41, 5.74) is 1.09. The molecule has 0 aliphatic rings. The third-order valence-electron chi connectivity index (χ3n) is 2.35. The highest BCUT2D eigenvalue weighted by atomic mass is 127. The van der Waals surface area contributed by atoms with Gasteiger partial charge in [-0.1, -0.05) is 24.3 Å². The van der Waals surface area contributed by atoms with Crippen LogP contribution >= 0.6 is 22.6 Å². The van der Waals surface area contributed by atoms with Crippen molar-refractivity contribution < 1.29 is 9.59 Å². The van der Waals surface area contributed by atoms with E-state index in [-0.39, 0.29) is 0 Å². The van der Waals surface area contributed by atoms with Gasteiger partial charge >= 0.3 is 6.03 Å². The Hall–Kier alpha value is -1.89. The summed E-state index contributed by atoms with van der Waals surface area (Å²) in [5.74, 6) is -0.427. The monoisotopic (exact) mass is 366 g/mol. The first kappa shape index (κ1) is 13.5. The maximum Gasteiger partial charge on any atom is 0.326 e. The minimum absolute atomic E-state index is 0.427. The first-order valence-corrected chi connectivity index (χ1v) is 6.66. The Morgan fingerprint density at radius 3 is 2.37 bits per heavy atom. The van der Waals surface area contributed by atoms with Crippen molar-refractivity contribution in [2.75, 3.05) is 5.32 Å². The summed E-state index contributed by atoms with van der Waals surface area (Å²) in [6.07, 6.45) is 0.